The van der Waals surface area contributed by atoms with Crippen molar-refractivity contribution in [3.05, 3.63) is 53.9 Å². The van der Waals surface area contributed by atoms with Crippen LogP contribution in [0.5, 0.6) is 0 Å². The Kier molecular flexibility index (Phi) is 4.25. The van der Waals surface area contributed by atoms with Gasteiger partial charge >= 0.3 is 0 Å². The predicted molar refractivity (Wildman–Crippen MR) is 98.6 cm³/mol. The first-order valence-corrected chi connectivity index (χ1v) is 7.93. The average Bonchev–Trinajstić information content (AvgIpc) is 2.82. The average molecular weight is 322 g/mol. The minimum atomic E-state index is -0.0281. The van der Waals surface area contributed by atoms with E-state index >= 15 is 0 Å². The van der Waals surface area contributed by atoms with Crippen molar-refractivity contribution >= 4 is 28.3 Å². The van der Waals surface area contributed by atoms with Crippen LogP contribution in [0.1, 0.15) is 11.4 Å². The Balaban J connectivity index is 1.70. The summed E-state index contributed by atoms with van der Waals surface area (Å²) in [5.74, 6) is 0.937. The number of nitrogens with one attached hydrogen (secondary N) is 1. The van der Waals surface area contributed by atoms with Gasteiger partial charge in [0.05, 0.1) is 17.5 Å². The van der Waals surface area contributed by atoms with Gasteiger partial charge in [-0.25, -0.2) is 4.98 Å². The minimum Gasteiger partial charge on any atom is -0.378 e. The van der Waals surface area contributed by atoms with Crippen LogP contribution in [0.25, 0.3) is 11.0 Å². The van der Waals surface area contributed by atoms with E-state index < -0.39 is 0 Å². The highest BCUT2D eigenvalue weighted by Gasteiger charge is 2.08. The molecule has 1 heterocycles. The number of rotatable bonds is 4. The number of nitrogens with zero attached hydrogens (tertiary/aromatic N) is 3. The highest BCUT2D eigenvalue weighted by atomic mass is 16.1. The lowest BCUT2D eigenvalue weighted by molar-refractivity contribution is -0.115. The number of hydrogen-bond donors (Lipinski definition) is 1. The lowest BCUT2D eigenvalue weighted by Crippen LogP contribution is -2.14. The summed E-state index contributed by atoms with van der Waals surface area (Å²) >= 11 is 0. The third kappa shape index (κ3) is 3.25. The maximum Gasteiger partial charge on any atom is 0.228 e. The molecule has 2 aromatic carbocycles. The number of hydrogen-bond acceptors (Lipinski definition) is 3. The van der Waals surface area contributed by atoms with Crippen molar-refractivity contribution in [3.8, 4) is 0 Å². The summed E-state index contributed by atoms with van der Waals surface area (Å²) in [4.78, 5) is 18.8. The smallest absolute Gasteiger partial charge is 0.228 e. The Bertz CT molecular complexity index is 878. The normalized spacial score (nSPS) is 10.8. The van der Waals surface area contributed by atoms with Crippen LogP contribution in [0.4, 0.5) is 11.4 Å². The van der Waals surface area contributed by atoms with Gasteiger partial charge in [0.15, 0.2) is 0 Å². The fraction of sp³-hybridized carbons (Fsp3) is 0.263. The number of benzene rings is 2. The molecule has 5 heteroatoms. The monoisotopic (exact) mass is 322 g/mol. The molecule has 3 aromatic rings. The molecule has 1 amide bonds. The molecule has 24 heavy (non-hydrogen) atoms. The number of aromatic nitrogens is 2. The predicted octanol–water partition coefficient (Wildman–Crippen LogP) is 3.13. The molecule has 0 saturated carbocycles. The second-order valence-electron chi connectivity index (χ2n) is 6.21. The topological polar surface area (TPSA) is 50.2 Å². The van der Waals surface area contributed by atoms with Crippen LogP contribution in [0.15, 0.2) is 42.5 Å². The summed E-state index contributed by atoms with van der Waals surface area (Å²) in [5.41, 5.74) is 4.87. The third-order valence-corrected chi connectivity index (χ3v) is 4.20. The molecule has 3 rings (SSSR count). The first kappa shape index (κ1) is 16.1. The first-order chi connectivity index (χ1) is 11.4. The fourth-order valence-electron chi connectivity index (χ4n) is 2.71. The number of aryl methyl sites for hydroxylation is 2. The maximum atomic E-state index is 12.3. The van der Waals surface area contributed by atoms with E-state index in [1.54, 1.807) is 0 Å². The zero-order valence-corrected chi connectivity index (χ0v) is 14.5. The fourth-order valence-corrected chi connectivity index (χ4v) is 2.71. The van der Waals surface area contributed by atoms with E-state index in [1.807, 2.05) is 80.0 Å². The van der Waals surface area contributed by atoms with E-state index in [4.69, 9.17) is 0 Å². The number of amides is 1. The molecule has 0 atom stereocenters. The van der Waals surface area contributed by atoms with Gasteiger partial charge in [-0.3, -0.25) is 4.79 Å². The molecule has 0 bridgehead atoms. The lowest BCUT2D eigenvalue weighted by Gasteiger charge is -2.13. The number of carbonyl (C=O) groups is 1. The van der Waals surface area contributed by atoms with Crippen LogP contribution in [-0.2, 0) is 18.3 Å². The van der Waals surface area contributed by atoms with Crippen molar-refractivity contribution in [2.24, 2.45) is 7.05 Å². The summed E-state index contributed by atoms with van der Waals surface area (Å²) in [5, 5.41) is 2.94. The Morgan fingerprint density at radius 3 is 2.54 bits per heavy atom. The van der Waals surface area contributed by atoms with Gasteiger partial charge < -0.3 is 14.8 Å². The van der Waals surface area contributed by atoms with Crippen LogP contribution < -0.4 is 10.2 Å². The summed E-state index contributed by atoms with van der Waals surface area (Å²) in [6.07, 6.45) is 0.334. The molecule has 0 unspecified atom stereocenters. The van der Waals surface area contributed by atoms with Crippen LogP contribution in [-0.4, -0.2) is 29.6 Å². The second kappa shape index (κ2) is 6.35. The molecule has 0 aliphatic carbocycles. The van der Waals surface area contributed by atoms with Gasteiger partial charge in [-0.1, -0.05) is 6.07 Å². The summed E-state index contributed by atoms with van der Waals surface area (Å²) in [6.45, 7) is 1.98. The minimum absolute atomic E-state index is 0.0281. The SMILES string of the molecule is Cc1nc2cc(CC(=O)Nc3ccc(N(C)C)cc3)ccc2n1C. The quantitative estimate of drug-likeness (QED) is 0.803. The highest BCUT2D eigenvalue weighted by molar-refractivity contribution is 5.93. The Hall–Kier alpha value is -2.82. The summed E-state index contributed by atoms with van der Waals surface area (Å²) in [7, 11) is 5.97. The van der Waals surface area contributed by atoms with Crippen LogP contribution in [0, 0.1) is 6.92 Å². The van der Waals surface area contributed by atoms with Gasteiger partial charge in [-0.2, -0.15) is 0 Å². The second-order valence-corrected chi connectivity index (χ2v) is 6.21. The van der Waals surface area contributed by atoms with E-state index in [2.05, 4.69) is 10.3 Å². The van der Waals surface area contributed by atoms with Gasteiger partial charge in [0, 0.05) is 32.5 Å². The maximum absolute atomic E-state index is 12.3. The standard InChI is InChI=1S/C19H22N4O/c1-13-20-17-11-14(5-10-18(17)23(13)4)12-19(24)21-15-6-8-16(9-7-15)22(2)3/h5-11H,12H2,1-4H3,(H,21,24). The number of imidazole rings is 1. The van der Waals surface area contributed by atoms with E-state index in [9.17, 15) is 4.79 Å². The van der Waals surface area contributed by atoms with Crippen molar-refractivity contribution in [2.45, 2.75) is 13.3 Å². The molecule has 1 aromatic heterocycles. The third-order valence-electron chi connectivity index (χ3n) is 4.20. The van der Waals surface area contributed by atoms with Crippen molar-refractivity contribution in [1.29, 1.82) is 0 Å². The summed E-state index contributed by atoms with van der Waals surface area (Å²) in [6, 6.07) is 13.8. The van der Waals surface area contributed by atoms with Crippen molar-refractivity contribution in [3.63, 3.8) is 0 Å². The molecule has 0 saturated heterocycles. The number of fused-ring (bicyclic) bond motifs is 1. The molecular formula is C19H22N4O. The molecule has 124 valence electrons. The van der Waals surface area contributed by atoms with Gasteiger partial charge in [-0.15, -0.1) is 0 Å². The Morgan fingerprint density at radius 2 is 1.88 bits per heavy atom. The van der Waals surface area contributed by atoms with E-state index in [0.29, 0.717) is 6.42 Å². The number of carbonyl (C=O) groups excluding carboxylic acids is 1. The molecule has 1 N–H and O–H groups in total. The molecule has 0 fully saturated rings. The van der Waals surface area contributed by atoms with Gasteiger partial charge in [-0.05, 0) is 48.9 Å². The van der Waals surface area contributed by atoms with Gasteiger partial charge in [0.2, 0.25) is 5.91 Å². The van der Waals surface area contributed by atoms with Gasteiger partial charge in [0.25, 0.3) is 0 Å². The van der Waals surface area contributed by atoms with Gasteiger partial charge in [0.1, 0.15) is 5.82 Å². The largest absolute Gasteiger partial charge is 0.378 e. The molecule has 0 spiro atoms. The Morgan fingerprint density at radius 1 is 1.17 bits per heavy atom. The highest BCUT2D eigenvalue weighted by Crippen LogP contribution is 2.18. The molecule has 0 radical (unpaired) electrons. The van der Waals surface area contributed by atoms with E-state index in [-0.39, 0.29) is 5.91 Å². The summed E-state index contributed by atoms with van der Waals surface area (Å²) < 4.78 is 2.05. The molecule has 5 nitrogen and oxygen atoms in total. The van der Waals surface area contributed by atoms with Crippen molar-refractivity contribution in [2.75, 3.05) is 24.3 Å². The van der Waals surface area contributed by atoms with Crippen molar-refractivity contribution < 1.29 is 4.79 Å². The van der Waals surface area contributed by atoms with Crippen LogP contribution in [0.3, 0.4) is 0 Å². The van der Waals surface area contributed by atoms with Crippen LogP contribution in [0.2, 0.25) is 0 Å². The van der Waals surface area contributed by atoms with E-state index in [0.717, 1.165) is 33.8 Å². The zero-order chi connectivity index (χ0) is 17.3. The zero-order valence-electron chi connectivity index (χ0n) is 14.5. The molecular weight excluding hydrogens is 300 g/mol. The van der Waals surface area contributed by atoms with Crippen LogP contribution >= 0.6 is 0 Å². The Labute approximate surface area is 141 Å². The van der Waals surface area contributed by atoms with E-state index in [1.165, 1.54) is 0 Å². The first-order valence-electron chi connectivity index (χ1n) is 7.93. The molecule has 0 aliphatic heterocycles. The lowest BCUT2D eigenvalue weighted by atomic mass is 10.1. The van der Waals surface area contributed by atoms with Crippen molar-refractivity contribution in [1.82, 2.24) is 9.55 Å². The molecule has 0 aliphatic rings. The number of anilines is 2.